The molecule has 1 fully saturated rings. The van der Waals surface area contributed by atoms with Gasteiger partial charge in [-0.1, -0.05) is 31.9 Å². The van der Waals surface area contributed by atoms with Crippen LogP contribution in [0.1, 0.15) is 39.5 Å². The Morgan fingerprint density at radius 1 is 1.22 bits per heavy atom. The molecule has 1 aliphatic carbocycles. The van der Waals surface area contributed by atoms with Crippen molar-refractivity contribution in [3.63, 3.8) is 0 Å². The van der Waals surface area contributed by atoms with Crippen LogP contribution in [0.3, 0.4) is 0 Å². The van der Waals surface area contributed by atoms with Crippen molar-refractivity contribution in [1.82, 2.24) is 14.5 Å². The van der Waals surface area contributed by atoms with Crippen LogP contribution in [0, 0.1) is 5.92 Å². The summed E-state index contributed by atoms with van der Waals surface area (Å²) in [6, 6.07) is 7.90. The number of aromatic nitrogens is 2. The average Bonchev–Trinajstić information content (AvgIpc) is 2.79. The number of aryl methyl sites for hydroxylation is 1. The van der Waals surface area contributed by atoms with Crippen LogP contribution in [0.5, 0.6) is 0 Å². The van der Waals surface area contributed by atoms with Crippen LogP contribution >= 0.6 is 0 Å². The van der Waals surface area contributed by atoms with Crippen molar-refractivity contribution >= 4 is 16.9 Å². The van der Waals surface area contributed by atoms with Crippen LogP contribution in [-0.2, 0) is 17.9 Å². The quantitative estimate of drug-likeness (QED) is 0.942. The lowest BCUT2D eigenvalue weighted by Crippen LogP contribution is -2.41. The zero-order valence-corrected chi connectivity index (χ0v) is 13.9. The number of imidazole rings is 1. The second kappa shape index (κ2) is 6.60. The molecule has 5 heteroatoms. The largest absolute Gasteiger partial charge is 0.352 e. The summed E-state index contributed by atoms with van der Waals surface area (Å²) in [5, 5.41) is 3.11. The van der Waals surface area contributed by atoms with Gasteiger partial charge in [-0.15, -0.1) is 0 Å². The highest BCUT2D eigenvalue weighted by Crippen LogP contribution is 2.23. The molecule has 124 valence electrons. The summed E-state index contributed by atoms with van der Waals surface area (Å²) in [6.07, 6.45) is 4.50. The van der Waals surface area contributed by atoms with Crippen molar-refractivity contribution < 1.29 is 4.79 Å². The van der Waals surface area contributed by atoms with Crippen molar-refractivity contribution in [2.75, 3.05) is 0 Å². The minimum atomic E-state index is -0.110. The molecule has 1 aromatic heterocycles. The van der Waals surface area contributed by atoms with Gasteiger partial charge in [0, 0.05) is 12.6 Å². The van der Waals surface area contributed by atoms with Crippen LogP contribution in [0.2, 0.25) is 0 Å². The molecule has 3 rings (SSSR count). The van der Waals surface area contributed by atoms with E-state index in [1.165, 1.54) is 12.8 Å². The molecule has 1 amide bonds. The number of nitrogens with one attached hydrogen (secondary N) is 1. The summed E-state index contributed by atoms with van der Waals surface area (Å²) >= 11 is 0. The molecule has 2 unspecified atom stereocenters. The van der Waals surface area contributed by atoms with Gasteiger partial charge in [-0.05, 0) is 37.8 Å². The molecule has 2 atom stereocenters. The van der Waals surface area contributed by atoms with E-state index in [0.717, 1.165) is 23.9 Å². The average molecular weight is 315 g/mol. The first-order chi connectivity index (χ1) is 11.1. The van der Waals surface area contributed by atoms with Crippen LogP contribution < -0.4 is 11.0 Å². The Bertz CT molecular complexity index is 759. The van der Waals surface area contributed by atoms with E-state index in [0.29, 0.717) is 12.5 Å². The maximum atomic E-state index is 12.5. The third-order valence-corrected chi connectivity index (χ3v) is 4.84. The third kappa shape index (κ3) is 3.19. The smallest absolute Gasteiger partial charge is 0.329 e. The third-order valence-electron chi connectivity index (χ3n) is 4.84. The monoisotopic (exact) mass is 315 g/mol. The Morgan fingerprint density at radius 3 is 2.57 bits per heavy atom. The molecule has 5 nitrogen and oxygen atoms in total. The maximum absolute atomic E-state index is 12.5. The van der Waals surface area contributed by atoms with Gasteiger partial charge < -0.3 is 5.32 Å². The maximum Gasteiger partial charge on any atom is 0.329 e. The molecule has 0 aliphatic heterocycles. The van der Waals surface area contributed by atoms with E-state index in [2.05, 4.69) is 12.2 Å². The van der Waals surface area contributed by atoms with Gasteiger partial charge in [0.1, 0.15) is 6.54 Å². The van der Waals surface area contributed by atoms with Crippen LogP contribution in [0.15, 0.2) is 29.1 Å². The lowest BCUT2D eigenvalue weighted by Gasteiger charge is -2.27. The summed E-state index contributed by atoms with van der Waals surface area (Å²) in [4.78, 5) is 24.9. The highest BCUT2D eigenvalue weighted by molar-refractivity contribution is 5.81. The normalized spacial score (nSPS) is 21.5. The van der Waals surface area contributed by atoms with E-state index < -0.39 is 0 Å². The first-order valence-corrected chi connectivity index (χ1v) is 8.57. The molecule has 0 bridgehead atoms. The molecule has 1 saturated carbocycles. The molecular weight excluding hydrogens is 290 g/mol. The van der Waals surface area contributed by atoms with E-state index in [1.54, 1.807) is 9.13 Å². The van der Waals surface area contributed by atoms with Crippen molar-refractivity contribution in [2.24, 2.45) is 5.92 Å². The van der Waals surface area contributed by atoms with Crippen LogP contribution in [0.4, 0.5) is 0 Å². The first kappa shape index (κ1) is 15.8. The Labute approximate surface area is 136 Å². The Balaban J connectivity index is 1.80. The number of benzene rings is 1. The standard InChI is InChI=1S/C18H25N3O2/c1-3-20-15-9-4-5-10-16(15)21(18(20)23)12-17(22)19-14-8-6-7-13(2)11-14/h4-5,9-10,13-14H,3,6-8,11-12H2,1-2H3,(H,19,22). The first-order valence-electron chi connectivity index (χ1n) is 8.57. The van der Waals surface area contributed by atoms with Gasteiger partial charge >= 0.3 is 5.69 Å². The van der Waals surface area contributed by atoms with E-state index in [4.69, 9.17) is 0 Å². The predicted octanol–water partition coefficient (Wildman–Crippen LogP) is 2.52. The number of amides is 1. The van der Waals surface area contributed by atoms with Gasteiger partial charge in [0.25, 0.3) is 0 Å². The number of fused-ring (bicyclic) bond motifs is 1. The minimum Gasteiger partial charge on any atom is -0.352 e. The molecular formula is C18H25N3O2. The number of hydrogen-bond donors (Lipinski definition) is 1. The van der Waals surface area contributed by atoms with E-state index in [-0.39, 0.29) is 24.2 Å². The van der Waals surface area contributed by atoms with Gasteiger partial charge in [0.05, 0.1) is 11.0 Å². The zero-order chi connectivity index (χ0) is 16.4. The molecule has 1 aliphatic rings. The van der Waals surface area contributed by atoms with Crippen molar-refractivity contribution in [3.8, 4) is 0 Å². The number of carbonyl (C=O) groups excluding carboxylic acids is 1. The molecule has 0 radical (unpaired) electrons. The number of nitrogens with zero attached hydrogens (tertiary/aromatic N) is 2. The van der Waals surface area contributed by atoms with Gasteiger partial charge in [0.15, 0.2) is 0 Å². The van der Waals surface area contributed by atoms with Crippen LogP contribution in [0.25, 0.3) is 11.0 Å². The van der Waals surface area contributed by atoms with Crippen molar-refractivity contribution in [1.29, 1.82) is 0 Å². The molecule has 1 N–H and O–H groups in total. The second-order valence-electron chi connectivity index (χ2n) is 6.64. The Morgan fingerprint density at radius 2 is 1.91 bits per heavy atom. The van der Waals surface area contributed by atoms with E-state index in [1.807, 2.05) is 31.2 Å². The highest BCUT2D eigenvalue weighted by atomic mass is 16.2. The van der Waals surface area contributed by atoms with Gasteiger partial charge in [0.2, 0.25) is 5.91 Å². The van der Waals surface area contributed by atoms with E-state index in [9.17, 15) is 9.59 Å². The molecule has 0 spiro atoms. The lowest BCUT2D eigenvalue weighted by molar-refractivity contribution is -0.122. The topological polar surface area (TPSA) is 56.0 Å². The second-order valence-corrected chi connectivity index (χ2v) is 6.64. The molecule has 1 heterocycles. The number of rotatable bonds is 4. The van der Waals surface area contributed by atoms with E-state index >= 15 is 0 Å². The van der Waals surface area contributed by atoms with Gasteiger partial charge in [-0.3, -0.25) is 13.9 Å². The summed E-state index contributed by atoms with van der Waals surface area (Å²) < 4.78 is 3.30. The summed E-state index contributed by atoms with van der Waals surface area (Å²) in [7, 11) is 0. The summed E-state index contributed by atoms with van der Waals surface area (Å²) in [5.41, 5.74) is 1.60. The summed E-state index contributed by atoms with van der Waals surface area (Å²) in [6.45, 7) is 4.88. The molecule has 1 aromatic carbocycles. The number of hydrogen-bond acceptors (Lipinski definition) is 2. The predicted molar refractivity (Wildman–Crippen MR) is 91.4 cm³/mol. The highest BCUT2D eigenvalue weighted by Gasteiger charge is 2.21. The SMILES string of the molecule is CCn1c(=O)n(CC(=O)NC2CCCC(C)C2)c2ccccc21. The fraction of sp³-hybridized carbons (Fsp3) is 0.556. The molecule has 0 saturated heterocycles. The Hall–Kier alpha value is -2.04. The summed E-state index contributed by atoms with van der Waals surface area (Å²) in [5.74, 6) is 0.601. The van der Waals surface area contributed by atoms with Gasteiger partial charge in [-0.2, -0.15) is 0 Å². The van der Waals surface area contributed by atoms with Gasteiger partial charge in [-0.25, -0.2) is 4.79 Å². The number of carbonyl (C=O) groups is 1. The number of para-hydroxylation sites is 2. The van der Waals surface area contributed by atoms with Crippen molar-refractivity contribution in [2.45, 2.75) is 58.7 Å². The fourth-order valence-corrected chi connectivity index (χ4v) is 3.71. The lowest BCUT2D eigenvalue weighted by atomic mass is 9.87. The molecule has 2 aromatic rings. The van der Waals surface area contributed by atoms with Crippen LogP contribution in [-0.4, -0.2) is 21.1 Å². The fourth-order valence-electron chi connectivity index (χ4n) is 3.71. The van der Waals surface area contributed by atoms with Crippen molar-refractivity contribution in [3.05, 3.63) is 34.7 Å². The molecule has 23 heavy (non-hydrogen) atoms. The minimum absolute atomic E-state index is 0.0646. The Kier molecular flexibility index (Phi) is 4.55. The zero-order valence-electron chi connectivity index (χ0n) is 13.9.